The number of hydrogen-bond donors (Lipinski definition) is 1. The quantitative estimate of drug-likeness (QED) is 0.880. The lowest BCUT2D eigenvalue weighted by molar-refractivity contribution is 0.183. The third-order valence-corrected chi connectivity index (χ3v) is 6.77. The van der Waals surface area contributed by atoms with Crippen LogP contribution in [0.3, 0.4) is 0 Å². The van der Waals surface area contributed by atoms with E-state index in [2.05, 4.69) is 15.8 Å². The van der Waals surface area contributed by atoms with E-state index in [1.54, 1.807) is 4.31 Å². The zero-order chi connectivity index (χ0) is 17.3. The van der Waals surface area contributed by atoms with Crippen molar-refractivity contribution in [2.75, 3.05) is 26.3 Å². The molecule has 1 N–H and O–H groups in total. The van der Waals surface area contributed by atoms with E-state index in [1.165, 1.54) is 5.56 Å². The van der Waals surface area contributed by atoms with Gasteiger partial charge in [-0.3, -0.25) is 4.98 Å². The molecule has 0 aliphatic carbocycles. The van der Waals surface area contributed by atoms with Crippen molar-refractivity contribution < 1.29 is 13.2 Å². The van der Waals surface area contributed by atoms with Crippen molar-refractivity contribution >= 4 is 21.1 Å². The molecule has 7 heteroatoms. The molecule has 4 rings (SSSR count). The molecule has 6 nitrogen and oxygen atoms in total. The molecule has 1 aromatic heterocycles. The first-order valence-corrected chi connectivity index (χ1v) is 10.3. The van der Waals surface area contributed by atoms with Gasteiger partial charge in [0, 0.05) is 30.6 Å². The van der Waals surface area contributed by atoms with Gasteiger partial charge >= 0.3 is 0 Å². The first kappa shape index (κ1) is 16.9. The highest BCUT2D eigenvalue weighted by Gasteiger charge is 2.35. The summed E-state index contributed by atoms with van der Waals surface area (Å²) in [5.74, 6) is 0.128. The number of ether oxygens (including phenoxy) is 1. The van der Waals surface area contributed by atoms with Crippen LogP contribution in [-0.2, 0) is 21.4 Å². The Bertz CT molecular complexity index is 844. The summed E-state index contributed by atoms with van der Waals surface area (Å²) in [6.45, 7) is 2.23. The average molecular weight is 361 g/mol. The van der Waals surface area contributed by atoms with Crippen LogP contribution in [0.15, 0.2) is 36.5 Å². The van der Waals surface area contributed by atoms with E-state index in [4.69, 9.17) is 4.74 Å². The average Bonchev–Trinajstić information content (AvgIpc) is 3.28. The van der Waals surface area contributed by atoms with Crippen LogP contribution >= 0.6 is 0 Å². The molecular formula is C18H23N3O3S. The first-order chi connectivity index (χ1) is 12.1. The predicted molar refractivity (Wildman–Crippen MR) is 96.4 cm³/mol. The SMILES string of the molecule is O=S(=O)(N[C@H]1COC[C@H]1Cc1ccnc2ccccc12)N1CCCC1. The monoisotopic (exact) mass is 361 g/mol. The summed E-state index contributed by atoms with van der Waals surface area (Å²) in [6, 6.07) is 9.88. The molecule has 0 radical (unpaired) electrons. The molecule has 134 valence electrons. The van der Waals surface area contributed by atoms with Gasteiger partial charge in [-0.1, -0.05) is 18.2 Å². The van der Waals surface area contributed by atoms with Crippen LogP contribution in [0.4, 0.5) is 0 Å². The Balaban J connectivity index is 1.51. The predicted octanol–water partition coefficient (Wildman–Crippen LogP) is 1.72. The van der Waals surface area contributed by atoms with Crippen LogP contribution in [0.5, 0.6) is 0 Å². The highest BCUT2D eigenvalue weighted by molar-refractivity contribution is 7.87. The Labute approximate surface area is 148 Å². The summed E-state index contributed by atoms with van der Waals surface area (Å²) in [5, 5.41) is 1.12. The molecule has 2 saturated heterocycles. The maximum absolute atomic E-state index is 12.5. The molecule has 2 atom stereocenters. The molecule has 1 aromatic carbocycles. The Kier molecular flexibility index (Phi) is 4.73. The Hall–Kier alpha value is -1.54. The minimum atomic E-state index is -3.42. The Morgan fingerprint density at radius 3 is 2.80 bits per heavy atom. The topological polar surface area (TPSA) is 71.5 Å². The van der Waals surface area contributed by atoms with Crippen LogP contribution in [0.25, 0.3) is 10.9 Å². The van der Waals surface area contributed by atoms with Gasteiger partial charge in [0.05, 0.1) is 24.8 Å². The van der Waals surface area contributed by atoms with E-state index in [9.17, 15) is 8.42 Å². The van der Waals surface area contributed by atoms with Gasteiger partial charge in [-0.25, -0.2) is 0 Å². The fourth-order valence-corrected chi connectivity index (χ4v) is 5.27. The van der Waals surface area contributed by atoms with Crippen molar-refractivity contribution in [3.63, 3.8) is 0 Å². The smallest absolute Gasteiger partial charge is 0.279 e. The van der Waals surface area contributed by atoms with E-state index in [1.807, 2.05) is 30.5 Å². The number of hydrogen-bond acceptors (Lipinski definition) is 4. The fourth-order valence-electron chi connectivity index (χ4n) is 3.74. The van der Waals surface area contributed by atoms with Gasteiger partial charge in [0.15, 0.2) is 0 Å². The Morgan fingerprint density at radius 2 is 1.96 bits per heavy atom. The number of fused-ring (bicyclic) bond motifs is 1. The van der Waals surface area contributed by atoms with Crippen molar-refractivity contribution in [3.05, 3.63) is 42.1 Å². The summed E-state index contributed by atoms with van der Waals surface area (Å²) in [6.07, 6.45) is 4.47. The molecule has 0 unspecified atom stereocenters. The standard InChI is InChI=1S/C18H23N3O3S/c22-25(23,21-9-3-4-10-21)20-18-13-24-12-15(18)11-14-7-8-19-17-6-2-1-5-16(14)17/h1-2,5-8,15,18,20H,3-4,9-13H2/t15-,18+/m1/s1. The van der Waals surface area contributed by atoms with Gasteiger partial charge < -0.3 is 4.74 Å². The first-order valence-electron chi connectivity index (χ1n) is 8.81. The number of para-hydroxylation sites is 1. The van der Waals surface area contributed by atoms with Crippen molar-refractivity contribution in [2.24, 2.45) is 5.92 Å². The van der Waals surface area contributed by atoms with Crippen LogP contribution in [0.1, 0.15) is 18.4 Å². The van der Waals surface area contributed by atoms with E-state index >= 15 is 0 Å². The van der Waals surface area contributed by atoms with E-state index in [0.29, 0.717) is 26.3 Å². The normalized spacial score (nSPS) is 25.0. The maximum atomic E-state index is 12.5. The molecule has 0 amide bonds. The van der Waals surface area contributed by atoms with Gasteiger partial charge in [-0.05, 0) is 37.0 Å². The second kappa shape index (κ2) is 6.99. The molecule has 2 aromatic rings. The molecule has 0 saturated carbocycles. The maximum Gasteiger partial charge on any atom is 0.279 e. The van der Waals surface area contributed by atoms with Crippen LogP contribution in [0.2, 0.25) is 0 Å². The van der Waals surface area contributed by atoms with Gasteiger partial charge in [0.2, 0.25) is 0 Å². The van der Waals surface area contributed by atoms with E-state index in [-0.39, 0.29) is 12.0 Å². The van der Waals surface area contributed by atoms with Crippen LogP contribution in [0, 0.1) is 5.92 Å². The molecule has 2 aliphatic heterocycles. The molecule has 2 fully saturated rings. The Morgan fingerprint density at radius 1 is 1.16 bits per heavy atom. The third kappa shape index (κ3) is 3.55. The van der Waals surface area contributed by atoms with E-state index in [0.717, 1.165) is 30.2 Å². The number of pyridine rings is 1. The summed E-state index contributed by atoms with van der Waals surface area (Å²) in [7, 11) is -3.42. The van der Waals surface area contributed by atoms with Gasteiger partial charge in [0.25, 0.3) is 10.2 Å². The largest absolute Gasteiger partial charge is 0.379 e. The number of nitrogens with one attached hydrogen (secondary N) is 1. The minimum absolute atomic E-state index is 0.128. The van der Waals surface area contributed by atoms with Gasteiger partial charge in [0.1, 0.15) is 0 Å². The molecular weight excluding hydrogens is 338 g/mol. The van der Waals surface area contributed by atoms with Crippen molar-refractivity contribution in [1.82, 2.24) is 14.0 Å². The molecule has 25 heavy (non-hydrogen) atoms. The number of benzene rings is 1. The van der Waals surface area contributed by atoms with Gasteiger partial charge in [-0.15, -0.1) is 0 Å². The van der Waals surface area contributed by atoms with Crippen LogP contribution < -0.4 is 4.72 Å². The zero-order valence-corrected chi connectivity index (χ0v) is 14.9. The number of nitrogens with zero attached hydrogens (tertiary/aromatic N) is 2. The third-order valence-electron chi connectivity index (χ3n) is 5.13. The number of aromatic nitrogens is 1. The molecule has 0 spiro atoms. The lowest BCUT2D eigenvalue weighted by atomic mass is 9.93. The number of rotatable bonds is 5. The van der Waals surface area contributed by atoms with Gasteiger partial charge in [-0.2, -0.15) is 17.4 Å². The molecule has 3 heterocycles. The second-order valence-electron chi connectivity index (χ2n) is 6.82. The second-order valence-corrected chi connectivity index (χ2v) is 8.53. The summed E-state index contributed by atoms with van der Waals surface area (Å²) < 4.78 is 35.1. The lowest BCUT2D eigenvalue weighted by Gasteiger charge is -2.23. The molecule has 0 bridgehead atoms. The fraction of sp³-hybridized carbons (Fsp3) is 0.500. The summed E-state index contributed by atoms with van der Waals surface area (Å²) >= 11 is 0. The van der Waals surface area contributed by atoms with Crippen molar-refractivity contribution in [1.29, 1.82) is 0 Å². The van der Waals surface area contributed by atoms with Crippen molar-refractivity contribution in [3.8, 4) is 0 Å². The van der Waals surface area contributed by atoms with Crippen LogP contribution in [-0.4, -0.2) is 50.1 Å². The molecule has 2 aliphatic rings. The summed E-state index contributed by atoms with van der Waals surface area (Å²) in [5.41, 5.74) is 2.15. The highest BCUT2D eigenvalue weighted by atomic mass is 32.2. The van der Waals surface area contributed by atoms with E-state index < -0.39 is 10.2 Å². The minimum Gasteiger partial charge on any atom is -0.379 e. The zero-order valence-electron chi connectivity index (χ0n) is 14.1. The summed E-state index contributed by atoms with van der Waals surface area (Å²) in [4.78, 5) is 4.40. The lowest BCUT2D eigenvalue weighted by Crippen LogP contribution is -2.47. The van der Waals surface area contributed by atoms with Crippen molar-refractivity contribution in [2.45, 2.75) is 25.3 Å². The highest BCUT2D eigenvalue weighted by Crippen LogP contribution is 2.25.